The lowest BCUT2D eigenvalue weighted by Crippen LogP contribution is -2.54. The zero-order valence-corrected chi connectivity index (χ0v) is 16.3. The topological polar surface area (TPSA) is 67.5 Å². The summed E-state index contributed by atoms with van der Waals surface area (Å²) in [6.45, 7) is 1.07. The number of carbonyl (C=O) groups is 2. The van der Waals surface area contributed by atoms with E-state index in [0.717, 1.165) is 16.5 Å². The molecule has 2 aromatic carbocycles. The lowest BCUT2D eigenvalue weighted by Gasteiger charge is -2.36. The summed E-state index contributed by atoms with van der Waals surface area (Å²) in [4.78, 5) is 28.3. The standard InChI is InChI=1S/C24H21N3O3/c28-23(25-14-19-10-6-12-30-19)22-16-26-20-11-5-4-9-18(20)13-21(26)24(29)27(22)15-17-7-2-1-3-8-17/h1-13,22H,14-16H2,(H,25,28)/t22-/m0/s1. The molecule has 0 spiro atoms. The van der Waals surface area contributed by atoms with Gasteiger partial charge in [0, 0.05) is 17.4 Å². The minimum Gasteiger partial charge on any atom is -0.467 e. The monoisotopic (exact) mass is 399 g/mol. The van der Waals surface area contributed by atoms with Gasteiger partial charge in [0.25, 0.3) is 5.91 Å². The predicted molar refractivity (Wildman–Crippen MR) is 113 cm³/mol. The van der Waals surface area contributed by atoms with Crippen LogP contribution in [0.3, 0.4) is 0 Å². The molecule has 0 aliphatic carbocycles. The van der Waals surface area contributed by atoms with E-state index in [9.17, 15) is 9.59 Å². The number of nitrogens with one attached hydrogen (secondary N) is 1. The molecule has 0 radical (unpaired) electrons. The maximum absolute atomic E-state index is 13.4. The van der Waals surface area contributed by atoms with Crippen molar-refractivity contribution in [3.63, 3.8) is 0 Å². The number of rotatable bonds is 5. The molecule has 0 bridgehead atoms. The van der Waals surface area contributed by atoms with Gasteiger partial charge in [0.05, 0.1) is 19.4 Å². The van der Waals surface area contributed by atoms with Crippen LogP contribution in [0.15, 0.2) is 83.5 Å². The molecule has 1 atom stereocenters. The number of amides is 2. The summed E-state index contributed by atoms with van der Waals surface area (Å²) in [5.41, 5.74) is 2.56. The molecule has 4 aromatic rings. The Bertz CT molecular complexity index is 1200. The Morgan fingerprint density at radius 2 is 1.83 bits per heavy atom. The van der Waals surface area contributed by atoms with Gasteiger partial charge < -0.3 is 19.2 Å². The van der Waals surface area contributed by atoms with Gasteiger partial charge in [-0.15, -0.1) is 0 Å². The maximum atomic E-state index is 13.4. The summed E-state index contributed by atoms with van der Waals surface area (Å²) >= 11 is 0. The summed E-state index contributed by atoms with van der Waals surface area (Å²) in [6.07, 6.45) is 1.57. The first-order valence-electron chi connectivity index (χ1n) is 9.94. The van der Waals surface area contributed by atoms with Gasteiger partial charge in [0.2, 0.25) is 5.91 Å². The lowest BCUT2D eigenvalue weighted by molar-refractivity contribution is -0.127. The zero-order valence-electron chi connectivity index (χ0n) is 16.3. The fourth-order valence-electron chi connectivity index (χ4n) is 4.04. The van der Waals surface area contributed by atoms with Gasteiger partial charge in [-0.2, -0.15) is 0 Å². The van der Waals surface area contributed by atoms with Crippen LogP contribution < -0.4 is 5.32 Å². The number of hydrogen-bond donors (Lipinski definition) is 1. The van der Waals surface area contributed by atoms with E-state index in [2.05, 4.69) is 5.32 Å². The van der Waals surface area contributed by atoms with E-state index in [1.54, 1.807) is 17.2 Å². The molecule has 2 aromatic heterocycles. The van der Waals surface area contributed by atoms with Crippen molar-refractivity contribution in [1.82, 2.24) is 14.8 Å². The second-order valence-electron chi connectivity index (χ2n) is 7.43. The summed E-state index contributed by atoms with van der Waals surface area (Å²) in [5.74, 6) is 0.339. The molecule has 3 heterocycles. The number of benzene rings is 2. The van der Waals surface area contributed by atoms with Crippen molar-refractivity contribution in [3.8, 4) is 0 Å². The molecule has 5 rings (SSSR count). The number of furan rings is 1. The fourth-order valence-corrected chi connectivity index (χ4v) is 4.04. The van der Waals surface area contributed by atoms with Gasteiger partial charge in [0.15, 0.2) is 0 Å². The van der Waals surface area contributed by atoms with Crippen LogP contribution in [-0.4, -0.2) is 27.3 Å². The number of aromatic nitrogens is 1. The van der Waals surface area contributed by atoms with Gasteiger partial charge in [0.1, 0.15) is 17.5 Å². The molecule has 6 nitrogen and oxygen atoms in total. The highest BCUT2D eigenvalue weighted by Gasteiger charge is 2.37. The molecular weight excluding hydrogens is 378 g/mol. The van der Waals surface area contributed by atoms with Gasteiger partial charge in [-0.1, -0.05) is 48.5 Å². The smallest absolute Gasteiger partial charge is 0.271 e. The van der Waals surface area contributed by atoms with Crippen LogP contribution in [0.25, 0.3) is 10.9 Å². The molecular formula is C24H21N3O3. The Morgan fingerprint density at radius 3 is 2.63 bits per heavy atom. The van der Waals surface area contributed by atoms with Crippen LogP contribution in [0.5, 0.6) is 0 Å². The van der Waals surface area contributed by atoms with E-state index in [0.29, 0.717) is 24.5 Å². The second-order valence-corrected chi connectivity index (χ2v) is 7.43. The van der Waals surface area contributed by atoms with E-state index in [1.165, 1.54) is 0 Å². The minimum absolute atomic E-state index is 0.139. The largest absolute Gasteiger partial charge is 0.467 e. The number of nitrogens with zero attached hydrogens (tertiary/aromatic N) is 2. The Balaban J connectivity index is 1.49. The Morgan fingerprint density at radius 1 is 1.03 bits per heavy atom. The van der Waals surface area contributed by atoms with Crippen molar-refractivity contribution in [3.05, 3.63) is 96.1 Å². The highest BCUT2D eigenvalue weighted by molar-refractivity contribution is 6.02. The fraction of sp³-hybridized carbons (Fsp3) is 0.167. The number of fused-ring (bicyclic) bond motifs is 3. The second kappa shape index (κ2) is 7.55. The highest BCUT2D eigenvalue weighted by Crippen LogP contribution is 2.28. The Kier molecular flexibility index (Phi) is 4.59. The first-order valence-corrected chi connectivity index (χ1v) is 9.94. The van der Waals surface area contributed by atoms with E-state index < -0.39 is 6.04 Å². The normalized spacial score (nSPS) is 15.9. The van der Waals surface area contributed by atoms with Crippen LogP contribution in [0, 0.1) is 0 Å². The molecule has 1 N–H and O–H groups in total. The Labute approximate surface area is 173 Å². The number of para-hydroxylation sites is 1. The SMILES string of the molecule is O=C(NCc1ccco1)[C@@H]1Cn2c(cc3ccccc32)C(=O)N1Cc1ccccc1. The van der Waals surface area contributed by atoms with E-state index in [-0.39, 0.29) is 18.4 Å². The van der Waals surface area contributed by atoms with Crippen molar-refractivity contribution in [2.24, 2.45) is 0 Å². The average Bonchev–Trinajstić information content (AvgIpc) is 3.42. The zero-order chi connectivity index (χ0) is 20.5. The van der Waals surface area contributed by atoms with Crippen molar-refractivity contribution >= 4 is 22.7 Å². The van der Waals surface area contributed by atoms with Crippen LogP contribution in [-0.2, 0) is 24.4 Å². The van der Waals surface area contributed by atoms with Crippen molar-refractivity contribution in [2.75, 3.05) is 0 Å². The van der Waals surface area contributed by atoms with Crippen LogP contribution >= 0.6 is 0 Å². The minimum atomic E-state index is -0.615. The third-order valence-corrected chi connectivity index (χ3v) is 5.54. The quantitative estimate of drug-likeness (QED) is 0.558. The first-order chi connectivity index (χ1) is 14.7. The summed E-state index contributed by atoms with van der Waals surface area (Å²) < 4.78 is 7.27. The molecule has 30 heavy (non-hydrogen) atoms. The van der Waals surface area contributed by atoms with Crippen molar-refractivity contribution in [2.45, 2.75) is 25.7 Å². The third kappa shape index (κ3) is 3.26. The molecule has 0 unspecified atom stereocenters. The lowest BCUT2D eigenvalue weighted by atomic mass is 10.1. The van der Waals surface area contributed by atoms with Gasteiger partial charge in [-0.25, -0.2) is 0 Å². The van der Waals surface area contributed by atoms with Gasteiger partial charge in [-0.05, 0) is 29.8 Å². The molecule has 0 saturated carbocycles. The van der Waals surface area contributed by atoms with Crippen LogP contribution in [0.2, 0.25) is 0 Å². The summed E-state index contributed by atoms with van der Waals surface area (Å²) in [5, 5.41) is 3.92. The molecule has 1 aliphatic rings. The number of carbonyl (C=O) groups excluding carboxylic acids is 2. The van der Waals surface area contributed by atoms with Crippen molar-refractivity contribution < 1.29 is 14.0 Å². The van der Waals surface area contributed by atoms with E-state index in [1.807, 2.05) is 71.3 Å². The summed E-state index contributed by atoms with van der Waals surface area (Å²) in [7, 11) is 0. The summed E-state index contributed by atoms with van der Waals surface area (Å²) in [6, 6.07) is 22.5. The van der Waals surface area contributed by atoms with E-state index >= 15 is 0 Å². The predicted octanol–water partition coefficient (Wildman–Crippen LogP) is 3.58. The van der Waals surface area contributed by atoms with Crippen LogP contribution in [0.4, 0.5) is 0 Å². The van der Waals surface area contributed by atoms with Crippen LogP contribution in [0.1, 0.15) is 21.8 Å². The van der Waals surface area contributed by atoms with E-state index in [4.69, 9.17) is 4.42 Å². The highest BCUT2D eigenvalue weighted by atomic mass is 16.3. The third-order valence-electron chi connectivity index (χ3n) is 5.54. The molecule has 0 saturated heterocycles. The number of hydrogen-bond acceptors (Lipinski definition) is 3. The molecule has 1 aliphatic heterocycles. The maximum Gasteiger partial charge on any atom is 0.271 e. The van der Waals surface area contributed by atoms with Gasteiger partial charge in [-0.3, -0.25) is 9.59 Å². The Hall–Kier alpha value is -3.80. The molecule has 6 heteroatoms. The molecule has 0 fully saturated rings. The average molecular weight is 399 g/mol. The molecule has 2 amide bonds. The van der Waals surface area contributed by atoms with Gasteiger partial charge >= 0.3 is 0 Å². The first kappa shape index (κ1) is 18.2. The molecule has 150 valence electrons. The van der Waals surface area contributed by atoms with Crippen molar-refractivity contribution in [1.29, 1.82) is 0 Å².